The summed E-state index contributed by atoms with van der Waals surface area (Å²) in [5, 5.41) is 5.46. The lowest BCUT2D eigenvalue weighted by atomic mass is 10.1. The topological polar surface area (TPSA) is 65.5 Å². The fraction of sp³-hybridized carbons (Fsp3) is 0.318. The molecule has 0 radical (unpaired) electrons. The first-order valence-electron chi connectivity index (χ1n) is 9.92. The molecule has 0 atom stereocenters. The van der Waals surface area contributed by atoms with Crippen molar-refractivity contribution in [3.8, 4) is 0 Å². The summed E-state index contributed by atoms with van der Waals surface area (Å²) in [5.74, 6) is 0.0162. The van der Waals surface area contributed by atoms with Crippen LogP contribution >= 0.6 is 22.7 Å². The van der Waals surface area contributed by atoms with Crippen molar-refractivity contribution in [1.82, 2.24) is 14.8 Å². The van der Waals surface area contributed by atoms with E-state index < -0.39 is 0 Å². The monoisotopic (exact) mass is 440 g/mol. The Morgan fingerprint density at radius 3 is 2.70 bits per heavy atom. The van der Waals surface area contributed by atoms with Crippen molar-refractivity contribution < 1.29 is 9.59 Å². The van der Waals surface area contributed by atoms with Gasteiger partial charge in [-0.15, -0.1) is 22.7 Å². The molecule has 0 aliphatic carbocycles. The molecule has 3 aromatic rings. The van der Waals surface area contributed by atoms with Crippen LogP contribution in [0.3, 0.4) is 0 Å². The summed E-state index contributed by atoms with van der Waals surface area (Å²) in [6.07, 6.45) is 2.65. The molecule has 2 amide bonds. The Labute approximate surface area is 184 Å². The molecule has 0 bridgehead atoms. The number of thiophene rings is 1. The normalized spacial score (nSPS) is 14.6. The lowest BCUT2D eigenvalue weighted by molar-refractivity contribution is -0.117. The highest BCUT2D eigenvalue weighted by Crippen LogP contribution is 2.21. The molecule has 1 aliphatic rings. The smallest absolute Gasteiger partial charge is 0.264 e. The van der Waals surface area contributed by atoms with Gasteiger partial charge in [0.2, 0.25) is 5.91 Å². The molecular weight excluding hydrogens is 416 g/mol. The highest BCUT2D eigenvalue weighted by atomic mass is 32.1. The standard InChI is InChI=1S/C22H24N4O2S2/c1-16-4-2-5-17(12-16)13-18-14-23-22(30-18)24-20(27)15-25-7-9-26(10-8-25)21(28)19-6-3-11-29-19/h2-6,11-12,14H,7-10,13,15H2,1H3,(H,23,24,27). The van der Waals surface area contributed by atoms with Crippen molar-refractivity contribution in [2.75, 3.05) is 38.0 Å². The number of nitrogens with zero attached hydrogens (tertiary/aromatic N) is 3. The molecule has 156 valence electrons. The zero-order chi connectivity index (χ0) is 20.9. The number of hydrogen-bond acceptors (Lipinski definition) is 6. The minimum Gasteiger partial charge on any atom is -0.335 e. The van der Waals surface area contributed by atoms with E-state index in [-0.39, 0.29) is 11.8 Å². The molecule has 0 spiro atoms. The number of piperazine rings is 1. The van der Waals surface area contributed by atoms with Gasteiger partial charge in [0.15, 0.2) is 5.13 Å². The van der Waals surface area contributed by atoms with Crippen molar-refractivity contribution in [1.29, 1.82) is 0 Å². The predicted molar refractivity (Wildman–Crippen MR) is 121 cm³/mol. The number of thiazole rings is 1. The number of aryl methyl sites for hydroxylation is 1. The van der Waals surface area contributed by atoms with Crippen LogP contribution in [-0.2, 0) is 11.2 Å². The minimum absolute atomic E-state index is 0.0653. The second kappa shape index (κ2) is 9.51. The molecular formula is C22H24N4O2S2. The van der Waals surface area contributed by atoms with Gasteiger partial charge >= 0.3 is 0 Å². The third-order valence-corrected chi connectivity index (χ3v) is 6.79. The van der Waals surface area contributed by atoms with E-state index in [0.29, 0.717) is 37.9 Å². The number of nitrogens with one attached hydrogen (secondary N) is 1. The van der Waals surface area contributed by atoms with Gasteiger partial charge in [0.05, 0.1) is 11.4 Å². The Morgan fingerprint density at radius 1 is 1.13 bits per heavy atom. The first kappa shape index (κ1) is 20.7. The van der Waals surface area contributed by atoms with E-state index in [4.69, 9.17) is 0 Å². The second-order valence-corrected chi connectivity index (χ2v) is 9.45. The highest BCUT2D eigenvalue weighted by Gasteiger charge is 2.24. The van der Waals surface area contributed by atoms with Crippen molar-refractivity contribution in [3.63, 3.8) is 0 Å². The summed E-state index contributed by atoms with van der Waals surface area (Å²) >= 11 is 2.98. The number of carbonyl (C=O) groups excluding carboxylic acids is 2. The quantitative estimate of drug-likeness (QED) is 0.637. The van der Waals surface area contributed by atoms with Gasteiger partial charge in [-0.25, -0.2) is 4.98 Å². The molecule has 0 saturated carbocycles. The summed E-state index contributed by atoms with van der Waals surface area (Å²) in [5.41, 5.74) is 2.48. The van der Waals surface area contributed by atoms with Gasteiger partial charge in [0, 0.05) is 43.7 Å². The average Bonchev–Trinajstić information content (AvgIpc) is 3.40. The number of amides is 2. The van der Waals surface area contributed by atoms with Crippen LogP contribution in [0.2, 0.25) is 0 Å². The second-order valence-electron chi connectivity index (χ2n) is 7.39. The van der Waals surface area contributed by atoms with Gasteiger partial charge in [-0.05, 0) is 23.9 Å². The molecule has 2 aromatic heterocycles. The average molecular weight is 441 g/mol. The molecule has 4 rings (SSSR count). The van der Waals surface area contributed by atoms with E-state index in [1.165, 1.54) is 33.8 Å². The molecule has 30 heavy (non-hydrogen) atoms. The summed E-state index contributed by atoms with van der Waals surface area (Å²) in [6.45, 7) is 5.07. The number of anilines is 1. The van der Waals surface area contributed by atoms with E-state index in [1.54, 1.807) is 0 Å². The molecule has 6 nitrogen and oxygen atoms in total. The molecule has 1 aliphatic heterocycles. The van der Waals surface area contributed by atoms with Crippen molar-refractivity contribution in [2.24, 2.45) is 0 Å². The molecule has 1 fully saturated rings. The van der Waals surface area contributed by atoms with Crippen LogP contribution in [0.5, 0.6) is 0 Å². The van der Waals surface area contributed by atoms with Crippen molar-refractivity contribution in [3.05, 3.63) is 68.9 Å². The van der Waals surface area contributed by atoms with Gasteiger partial charge in [-0.3, -0.25) is 14.5 Å². The Bertz CT molecular complexity index is 1010. The summed E-state index contributed by atoms with van der Waals surface area (Å²) < 4.78 is 0. The van der Waals surface area contributed by atoms with Crippen LogP contribution in [0.1, 0.15) is 25.7 Å². The molecule has 0 unspecified atom stereocenters. The maximum atomic E-state index is 12.4. The maximum Gasteiger partial charge on any atom is 0.264 e. The third-order valence-electron chi connectivity index (χ3n) is 5.02. The fourth-order valence-corrected chi connectivity index (χ4v) is 5.05. The summed E-state index contributed by atoms with van der Waals surface area (Å²) in [4.78, 5) is 35.0. The minimum atomic E-state index is -0.0653. The van der Waals surface area contributed by atoms with Crippen LogP contribution in [0.15, 0.2) is 48.0 Å². The van der Waals surface area contributed by atoms with E-state index in [0.717, 1.165) is 16.2 Å². The lowest BCUT2D eigenvalue weighted by Crippen LogP contribution is -2.50. The van der Waals surface area contributed by atoms with E-state index in [9.17, 15) is 9.59 Å². The predicted octanol–water partition coefficient (Wildman–Crippen LogP) is 3.50. The lowest BCUT2D eigenvalue weighted by Gasteiger charge is -2.34. The Hall–Kier alpha value is -2.55. The van der Waals surface area contributed by atoms with Crippen LogP contribution in [0.4, 0.5) is 5.13 Å². The van der Waals surface area contributed by atoms with Crippen LogP contribution in [0, 0.1) is 6.92 Å². The Kier molecular flexibility index (Phi) is 6.56. The zero-order valence-corrected chi connectivity index (χ0v) is 18.5. The largest absolute Gasteiger partial charge is 0.335 e. The Balaban J connectivity index is 1.24. The van der Waals surface area contributed by atoms with E-state index >= 15 is 0 Å². The van der Waals surface area contributed by atoms with Gasteiger partial charge in [0.25, 0.3) is 5.91 Å². The summed E-state index contributed by atoms with van der Waals surface area (Å²) in [6, 6.07) is 12.2. The first-order valence-corrected chi connectivity index (χ1v) is 11.6. The fourth-order valence-electron chi connectivity index (χ4n) is 3.50. The van der Waals surface area contributed by atoms with Gasteiger partial charge in [-0.1, -0.05) is 35.9 Å². The molecule has 1 saturated heterocycles. The Morgan fingerprint density at radius 2 is 1.97 bits per heavy atom. The number of carbonyl (C=O) groups is 2. The first-order chi connectivity index (χ1) is 14.6. The number of benzene rings is 1. The maximum absolute atomic E-state index is 12.4. The van der Waals surface area contributed by atoms with Crippen LogP contribution in [0.25, 0.3) is 0 Å². The van der Waals surface area contributed by atoms with Gasteiger partial charge in [-0.2, -0.15) is 0 Å². The number of rotatable bonds is 6. The van der Waals surface area contributed by atoms with Crippen LogP contribution in [-0.4, -0.2) is 59.3 Å². The molecule has 1 N–H and O–H groups in total. The van der Waals surface area contributed by atoms with Crippen molar-refractivity contribution >= 4 is 39.6 Å². The molecule has 3 heterocycles. The zero-order valence-electron chi connectivity index (χ0n) is 16.8. The van der Waals surface area contributed by atoms with Crippen molar-refractivity contribution in [2.45, 2.75) is 13.3 Å². The van der Waals surface area contributed by atoms with Crippen LogP contribution < -0.4 is 5.32 Å². The van der Waals surface area contributed by atoms with E-state index in [1.807, 2.05) is 28.6 Å². The van der Waals surface area contributed by atoms with E-state index in [2.05, 4.69) is 46.4 Å². The third kappa shape index (κ3) is 5.33. The molecule has 8 heteroatoms. The van der Waals surface area contributed by atoms with Gasteiger partial charge < -0.3 is 10.2 Å². The summed E-state index contributed by atoms with van der Waals surface area (Å²) in [7, 11) is 0. The number of hydrogen-bond donors (Lipinski definition) is 1. The SMILES string of the molecule is Cc1cccc(Cc2cnc(NC(=O)CN3CCN(C(=O)c4cccs4)CC3)s2)c1. The number of aromatic nitrogens is 1. The molecule has 1 aromatic carbocycles. The van der Waals surface area contributed by atoms with Gasteiger partial charge in [0.1, 0.15) is 0 Å². The highest BCUT2D eigenvalue weighted by molar-refractivity contribution is 7.15.